The quantitative estimate of drug-likeness (QED) is 0.117. The molecule has 63 heavy (non-hydrogen) atoms. The molecule has 0 saturated heterocycles. The topological polar surface area (TPSA) is 56.2 Å². The van der Waals surface area contributed by atoms with Gasteiger partial charge in [0.05, 0.1) is 34.5 Å². The third-order valence-corrected chi connectivity index (χ3v) is 12.1. The summed E-state index contributed by atoms with van der Waals surface area (Å²) >= 11 is 0. The fourth-order valence-corrected chi connectivity index (χ4v) is 8.91. The summed E-state index contributed by atoms with van der Waals surface area (Å²) in [6.45, 7) is 0.580. The Morgan fingerprint density at radius 2 is 1.03 bits per heavy atom. The van der Waals surface area contributed by atoms with Crippen molar-refractivity contribution < 1.29 is 0 Å². The molecule has 0 amide bonds. The zero-order chi connectivity index (χ0) is 42.1. The van der Waals surface area contributed by atoms with E-state index in [1.54, 1.807) is 0 Å². The van der Waals surface area contributed by atoms with Gasteiger partial charge in [0.1, 0.15) is 0 Å². The molecule has 11 rings (SSSR count). The van der Waals surface area contributed by atoms with Gasteiger partial charge in [-0.05, 0) is 69.3 Å². The van der Waals surface area contributed by atoms with Crippen molar-refractivity contribution in [2.24, 2.45) is 10.7 Å². The highest BCUT2D eigenvalue weighted by molar-refractivity contribution is 6.27. The number of nitrogens with zero attached hydrogens (tertiary/aromatic N) is 3. The molecular formula is C59H42N4. The molecular weight excluding hydrogens is 765 g/mol. The second-order valence-corrected chi connectivity index (χ2v) is 15.9. The van der Waals surface area contributed by atoms with Crippen molar-refractivity contribution in [1.82, 2.24) is 9.55 Å². The Bertz CT molecular complexity index is 3480. The Morgan fingerprint density at radius 3 is 1.75 bits per heavy atom. The summed E-state index contributed by atoms with van der Waals surface area (Å²) in [5.41, 5.74) is 22.5. The third kappa shape index (κ3) is 7.14. The van der Waals surface area contributed by atoms with Gasteiger partial charge >= 0.3 is 0 Å². The second kappa shape index (κ2) is 16.3. The summed E-state index contributed by atoms with van der Waals surface area (Å²) in [5.74, 6) is 0. The van der Waals surface area contributed by atoms with Crippen LogP contribution in [0.3, 0.4) is 0 Å². The molecule has 4 heteroatoms. The van der Waals surface area contributed by atoms with E-state index in [9.17, 15) is 0 Å². The number of aliphatic imine (C=N–C) groups is 1. The van der Waals surface area contributed by atoms with E-state index in [4.69, 9.17) is 15.7 Å². The molecule has 2 aromatic heterocycles. The van der Waals surface area contributed by atoms with Crippen molar-refractivity contribution in [2.45, 2.75) is 6.54 Å². The third-order valence-electron chi connectivity index (χ3n) is 12.1. The minimum Gasteiger partial charge on any atom is -0.398 e. The van der Waals surface area contributed by atoms with Gasteiger partial charge in [0.15, 0.2) is 0 Å². The molecule has 0 bridgehead atoms. The Kier molecular flexibility index (Phi) is 9.72. The summed E-state index contributed by atoms with van der Waals surface area (Å²) in [7, 11) is 0. The highest BCUT2D eigenvalue weighted by Gasteiger charge is 2.20. The first-order chi connectivity index (χ1) is 31.2. The number of hydrogen-bond acceptors (Lipinski definition) is 3. The van der Waals surface area contributed by atoms with Crippen LogP contribution in [0.1, 0.15) is 16.7 Å². The SMILES string of the molecule is N/C(=C\C(=NCc1ccccc1)c1ccccc1)c1ccc(-c2ccc(-c3ccc4c5ccc6c(-c7ccccc7)nc7ccccc7c6c5n(-c5ccccc5)c4c3)cc2)cc1. The first-order valence-electron chi connectivity index (χ1n) is 21.4. The molecule has 0 fully saturated rings. The number of benzene rings is 9. The minimum atomic E-state index is 0.580. The summed E-state index contributed by atoms with van der Waals surface area (Å²) in [5, 5.41) is 5.92. The normalized spacial score (nSPS) is 12.1. The summed E-state index contributed by atoms with van der Waals surface area (Å²) in [6, 6.07) is 79.1. The lowest BCUT2D eigenvalue weighted by Gasteiger charge is -2.14. The molecule has 0 atom stereocenters. The molecule has 298 valence electrons. The number of hydrogen-bond donors (Lipinski definition) is 1. The average molecular weight is 807 g/mol. The number of para-hydroxylation sites is 2. The molecule has 11 aromatic rings. The van der Waals surface area contributed by atoms with Crippen LogP contribution < -0.4 is 5.73 Å². The molecule has 2 heterocycles. The maximum atomic E-state index is 6.75. The van der Waals surface area contributed by atoms with Gasteiger partial charge in [-0.2, -0.15) is 0 Å². The van der Waals surface area contributed by atoms with Crippen LogP contribution in [-0.2, 0) is 6.54 Å². The van der Waals surface area contributed by atoms with Crippen molar-refractivity contribution in [1.29, 1.82) is 0 Å². The van der Waals surface area contributed by atoms with E-state index in [1.807, 2.05) is 42.5 Å². The lowest BCUT2D eigenvalue weighted by Crippen LogP contribution is -2.04. The van der Waals surface area contributed by atoms with E-state index >= 15 is 0 Å². The van der Waals surface area contributed by atoms with Gasteiger partial charge in [0.25, 0.3) is 0 Å². The Hall–Kier alpha value is -8.34. The average Bonchev–Trinajstić information content (AvgIpc) is 3.70. The van der Waals surface area contributed by atoms with Crippen molar-refractivity contribution in [3.05, 3.63) is 247 Å². The molecule has 0 aliphatic rings. The van der Waals surface area contributed by atoms with E-state index in [0.717, 1.165) is 83.4 Å². The van der Waals surface area contributed by atoms with Crippen LogP contribution in [0, 0.1) is 0 Å². The smallest absolute Gasteiger partial charge is 0.0788 e. The number of rotatable bonds is 9. The predicted octanol–water partition coefficient (Wildman–Crippen LogP) is 14.5. The van der Waals surface area contributed by atoms with E-state index < -0.39 is 0 Å². The molecule has 9 aromatic carbocycles. The monoisotopic (exact) mass is 806 g/mol. The molecule has 0 radical (unpaired) electrons. The van der Waals surface area contributed by atoms with Gasteiger partial charge in [0, 0.05) is 43.9 Å². The second-order valence-electron chi connectivity index (χ2n) is 15.9. The first kappa shape index (κ1) is 37.6. The van der Waals surface area contributed by atoms with Crippen LogP contribution >= 0.6 is 0 Å². The molecule has 0 aliphatic carbocycles. The molecule has 0 aliphatic heterocycles. The Balaban J connectivity index is 0.958. The van der Waals surface area contributed by atoms with Crippen LogP contribution in [0.2, 0.25) is 0 Å². The molecule has 0 saturated carbocycles. The summed E-state index contributed by atoms with van der Waals surface area (Å²) in [6.07, 6.45) is 1.99. The van der Waals surface area contributed by atoms with Gasteiger partial charge in [-0.15, -0.1) is 0 Å². The van der Waals surface area contributed by atoms with E-state index in [0.29, 0.717) is 12.2 Å². The molecule has 2 N–H and O–H groups in total. The lowest BCUT2D eigenvalue weighted by molar-refractivity contribution is 1.07. The predicted molar refractivity (Wildman–Crippen MR) is 265 cm³/mol. The fourth-order valence-electron chi connectivity index (χ4n) is 8.91. The molecule has 0 spiro atoms. The highest BCUT2D eigenvalue weighted by atomic mass is 15.0. The molecule has 4 nitrogen and oxygen atoms in total. The van der Waals surface area contributed by atoms with Gasteiger partial charge < -0.3 is 10.3 Å². The van der Waals surface area contributed by atoms with Crippen LogP contribution in [0.25, 0.3) is 88.4 Å². The number of pyridine rings is 1. The number of aromatic nitrogens is 2. The van der Waals surface area contributed by atoms with E-state index in [1.165, 1.54) is 21.7 Å². The van der Waals surface area contributed by atoms with Crippen LogP contribution in [0.5, 0.6) is 0 Å². The van der Waals surface area contributed by atoms with Gasteiger partial charge in [-0.25, -0.2) is 4.98 Å². The van der Waals surface area contributed by atoms with E-state index in [-0.39, 0.29) is 0 Å². The maximum absolute atomic E-state index is 6.75. The fraction of sp³-hybridized carbons (Fsp3) is 0.0169. The van der Waals surface area contributed by atoms with Crippen molar-refractivity contribution in [3.8, 4) is 39.2 Å². The van der Waals surface area contributed by atoms with Crippen LogP contribution in [0.4, 0.5) is 0 Å². The number of nitrogens with two attached hydrogens (primary N) is 1. The summed E-state index contributed by atoms with van der Waals surface area (Å²) < 4.78 is 2.45. The number of allylic oxidation sites excluding steroid dienone is 1. The Morgan fingerprint density at radius 1 is 0.476 bits per heavy atom. The van der Waals surface area contributed by atoms with Crippen molar-refractivity contribution in [2.75, 3.05) is 0 Å². The highest BCUT2D eigenvalue weighted by Crippen LogP contribution is 2.43. The van der Waals surface area contributed by atoms with Gasteiger partial charge in [0.2, 0.25) is 0 Å². The first-order valence-corrected chi connectivity index (χ1v) is 21.4. The molecule has 0 unspecified atom stereocenters. The summed E-state index contributed by atoms with van der Waals surface area (Å²) in [4.78, 5) is 10.2. The van der Waals surface area contributed by atoms with Crippen LogP contribution in [-0.4, -0.2) is 15.3 Å². The standard InChI is InChI=1S/C59H42N4/c60-53(38-55(45-17-7-2-8-18-45)61-39-40-15-5-1-6-16-40)44-31-29-42(30-32-44)41-25-27-43(28-26-41)47-33-34-49-50-35-36-52-57(59(50)63(56(49)37-47)48-21-11-4-12-22-48)51-23-13-14-24-54(51)62-58(52)46-19-9-3-10-20-46/h1-38H,39,60H2/b53-38-,61-55?. The minimum absolute atomic E-state index is 0.580. The van der Waals surface area contributed by atoms with E-state index in [2.05, 4.69) is 193 Å². The largest absolute Gasteiger partial charge is 0.398 e. The van der Waals surface area contributed by atoms with Crippen molar-refractivity contribution in [3.63, 3.8) is 0 Å². The van der Waals surface area contributed by atoms with Crippen molar-refractivity contribution >= 4 is 54.9 Å². The van der Waals surface area contributed by atoms with Crippen LogP contribution in [0.15, 0.2) is 236 Å². The lowest BCUT2D eigenvalue weighted by atomic mass is 9.97. The maximum Gasteiger partial charge on any atom is 0.0788 e. The number of fused-ring (bicyclic) bond motifs is 7. The van der Waals surface area contributed by atoms with Gasteiger partial charge in [-0.3, -0.25) is 4.99 Å². The van der Waals surface area contributed by atoms with Gasteiger partial charge in [-0.1, -0.05) is 200 Å². The Labute approximate surface area is 366 Å². The zero-order valence-corrected chi connectivity index (χ0v) is 34.6. The zero-order valence-electron chi connectivity index (χ0n) is 34.6.